The highest BCUT2D eigenvalue weighted by molar-refractivity contribution is 5.94. The summed E-state index contributed by atoms with van der Waals surface area (Å²) in [5.74, 6) is 2.22. The van der Waals surface area contributed by atoms with Crippen LogP contribution >= 0.6 is 0 Å². The summed E-state index contributed by atoms with van der Waals surface area (Å²) in [6, 6.07) is 18.6. The Morgan fingerprint density at radius 2 is 1.87 bits per heavy atom. The van der Waals surface area contributed by atoms with Gasteiger partial charge in [-0.3, -0.25) is 9.59 Å². The van der Waals surface area contributed by atoms with Crippen LogP contribution < -0.4 is 15.0 Å². The summed E-state index contributed by atoms with van der Waals surface area (Å²) < 4.78 is 14.9. The number of hydrogen-bond donors (Lipinski definition) is 0. The van der Waals surface area contributed by atoms with Crippen molar-refractivity contribution in [1.29, 1.82) is 0 Å². The molecule has 3 heterocycles. The van der Waals surface area contributed by atoms with E-state index in [0.717, 1.165) is 23.2 Å². The SMILES string of the molecule is COc1ccc2cc1OCCn1nc(-c3ccccc3)nc1[C@@H](C)N(C(=O)c1ccc(C)n(C)c1=O)CCC2. The molecule has 2 bridgehead atoms. The van der Waals surface area contributed by atoms with E-state index in [4.69, 9.17) is 19.6 Å². The van der Waals surface area contributed by atoms with E-state index in [1.807, 2.05) is 62.4 Å². The summed E-state index contributed by atoms with van der Waals surface area (Å²) in [6.45, 7) is 4.98. The van der Waals surface area contributed by atoms with Crippen LogP contribution in [0.2, 0.25) is 0 Å². The van der Waals surface area contributed by atoms with Crippen molar-refractivity contribution in [2.75, 3.05) is 20.3 Å². The predicted octanol–water partition coefficient (Wildman–Crippen LogP) is 4.19. The number of rotatable bonds is 3. The van der Waals surface area contributed by atoms with Crippen LogP contribution in [0, 0.1) is 6.92 Å². The minimum absolute atomic E-state index is 0.142. The lowest BCUT2D eigenvalue weighted by atomic mass is 10.1. The Morgan fingerprint density at radius 1 is 1.08 bits per heavy atom. The Labute approximate surface area is 227 Å². The third kappa shape index (κ3) is 5.30. The van der Waals surface area contributed by atoms with Gasteiger partial charge in [0.1, 0.15) is 18.0 Å². The van der Waals surface area contributed by atoms with E-state index in [0.29, 0.717) is 49.3 Å². The molecule has 9 nitrogen and oxygen atoms in total. The Kier molecular flexibility index (Phi) is 7.49. The zero-order valence-corrected chi connectivity index (χ0v) is 22.8. The molecule has 4 aromatic rings. The summed E-state index contributed by atoms with van der Waals surface area (Å²) >= 11 is 0. The van der Waals surface area contributed by atoms with Crippen molar-refractivity contribution >= 4 is 5.91 Å². The Hall–Kier alpha value is -4.40. The number of nitrogens with zero attached hydrogens (tertiary/aromatic N) is 5. The third-order valence-corrected chi connectivity index (χ3v) is 7.27. The standard InChI is InChI=1S/C30H33N5O4/c1-20-12-14-24(29(36)33(20)3)30(37)34-16-8-9-22-13-15-25(38-4)26(19-22)39-18-17-35-28(21(34)2)31-27(32-35)23-10-6-5-7-11-23/h5-7,10-15,19,21H,8-9,16-18H2,1-4H3/t21-/m1/s1. The first-order chi connectivity index (χ1) is 18.9. The smallest absolute Gasteiger partial charge is 0.263 e. The molecule has 0 N–H and O–H groups in total. The van der Waals surface area contributed by atoms with E-state index in [1.54, 1.807) is 35.9 Å². The fraction of sp³-hybridized carbons (Fsp3) is 0.333. The summed E-state index contributed by atoms with van der Waals surface area (Å²) in [5.41, 5.74) is 2.58. The minimum Gasteiger partial charge on any atom is -0.493 e. The van der Waals surface area contributed by atoms with Gasteiger partial charge in [-0.2, -0.15) is 5.10 Å². The highest BCUT2D eigenvalue weighted by Gasteiger charge is 2.29. The number of aryl methyl sites for hydroxylation is 2. The number of pyridine rings is 1. The van der Waals surface area contributed by atoms with Crippen molar-refractivity contribution in [3.05, 3.63) is 93.7 Å². The van der Waals surface area contributed by atoms with Gasteiger partial charge in [-0.1, -0.05) is 36.4 Å². The second kappa shape index (κ2) is 11.1. The first kappa shape index (κ1) is 26.2. The van der Waals surface area contributed by atoms with Crippen LogP contribution in [0.1, 0.15) is 46.8 Å². The van der Waals surface area contributed by atoms with Crippen LogP contribution in [0.5, 0.6) is 11.5 Å². The molecule has 2 aromatic carbocycles. The van der Waals surface area contributed by atoms with Gasteiger partial charge < -0.3 is 18.9 Å². The molecule has 2 aromatic heterocycles. The Morgan fingerprint density at radius 3 is 2.64 bits per heavy atom. The van der Waals surface area contributed by atoms with Crippen LogP contribution in [0.25, 0.3) is 11.4 Å². The Bertz CT molecular complexity index is 1540. The van der Waals surface area contributed by atoms with Gasteiger partial charge in [-0.25, -0.2) is 9.67 Å². The topological polar surface area (TPSA) is 91.5 Å². The molecular formula is C30H33N5O4. The van der Waals surface area contributed by atoms with Gasteiger partial charge in [0, 0.05) is 24.8 Å². The predicted molar refractivity (Wildman–Crippen MR) is 148 cm³/mol. The molecule has 0 aliphatic carbocycles. The van der Waals surface area contributed by atoms with Crippen molar-refractivity contribution in [1.82, 2.24) is 24.2 Å². The zero-order chi connectivity index (χ0) is 27.5. The quantitative estimate of drug-likeness (QED) is 0.397. The van der Waals surface area contributed by atoms with Crippen molar-refractivity contribution in [2.24, 2.45) is 7.05 Å². The number of methoxy groups -OCH3 is 1. The third-order valence-electron chi connectivity index (χ3n) is 7.27. The Balaban J connectivity index is 1.58. The molecule has 0 radical (unpaired) electrons. The molecule has 1 aliphatic heterocycles. The molecular weight excluding hydrogens is 494 g/mol. The maximum atomic E-state index is 13.9. The molecule has 202 valence electrons. The number of fused-ring (bicyclic) bond motifs is 3. The molecule has 0 fully saturated rings. The fourth-order valence-corrected chi connectivity index (χ4v) is 4.88. The molecule has 1 aliphatic rings. The molecule has 0 unspecified atom stereocenters. The molecule has 0 saturated carbocycles. The van der Waals surface area contributed by atoms with Gasteiger partial charge in [-0.05, 0) is 56.5 Å². The van der Waals surface area contributed by atoms with Crippen molar-refractivity contribution < 1.29 is 14.3 Å². The van der Waals surface area contributed by atoms with Crippen molar-refractivity contribution in [2.45, 2.75) is 39.3 Å². The number of carbonyl (C=O) groups is 1. The normalized spacial score (nSPS) is 15.8. The van der Waals surface area contributed by atoms with Gasteiger partial charge in [0.05, 0.1) is 19.7 Å². The second-order valence-corrected chi connectivity index (χ2v) is 9.75. The van der Waals surface area contributed by atoms with Crippen LogP contribution in [0.15, 0.2) is 65.5 Å². The molecule has 1 amide bonds. The summed E-state index contributed by atoms with van der Waals surface area (Å²) in [4.78, 5) is 33.6. The lowest BCUT2D eigenvalue weighted by molar-refractivity contribution is 0.0673. The van der Waals surface area contributed by atoms with E-state index in [2.05, 4.69) is 0 Å². The van der Waals surface area contributed by atoms with Gasteiger partial charge in [0.15, 0.2) is 17.3 Å². The van der Waals surface area contributed by atoms with E-state index in [1.165, 1.54) is 4.57 Å². The number of carbonyl (C=O) groups excluding carboxylic acids is 1. The monoisotopic (exact) mass is 527 g/mol. The lowest BCUT2D eigenvalue weighted by Gasteiger charge is -2.29. The van der Waals surface area contributed by atoms with E-state index < -0.39 is 6.04 Å². The van der Waals surface area contributed by atoms with E-state index >= 15 is 0 Å². The van der Waals surface area contributed by atoms with Gasteiger partial charge in [0.25, 0.3) is 11.5 Å². The molecule has 0 spiro atoms. The molecule has 39 heavy (non-hydrogen) atoms. The summed E-state index contributed by atoms with van der Waals surface area (Å²) in [5, 5.41) is 4.80. The minimum atomic E-state index is -0.438. The van der Waals surface area contributed by atoms with Crippen molar-refractivity contribution in [3.63, 3.8) is 0 Å². The number of amides is 1. The van der Waals surface area contributed by atoms with Crippen LogP contribution in [-0.4, -0.2) is 50.4 Å². The maximum Gasteiger partial charge on any atom is 0.263 e. The number of aromatic nitrogens is 4. The van der Waals surface area contributed by atoms with Gasteiger partial charge >= 0.3 is 0 Å². The van der Waals surface area contributed by atoms with Crippen LogP contribution in [0.3, 0.4) is 0 Å². The first-order valence-corrected chi connectivity index (χ1v) is 13.1. The average molecular weight is 528 g/mol. The zero-order valence-electron chi connectivity index (χ0n) is 22.8. The number of ether oxygens (including phenoxy) is 2. The largest absolute Gasteiger partial charge is 0.493 e. The second-order valence-electron chi connectivity index (χ2n) is 9.75. The van der Waals surface area contributed by atoms with Gasteiger partial charge in [-0.15, -0.1) is 0 Å². The van der Waals surface area contributed by atoms with Crippen LogP contribution in [0.4, 0.5) is 0 Å². The summed E-state index contributed by atoms with van der Waals surface area (Å²) in [7, 11) is 3.31. The first-order valence-electron chi connectivity index (χ1n) is 13.1. The van der Waals surface area contributed by atoms with Gasteiger partial charge in [0.2, 0.25) is 0 Å². The maximum absolute atomic E-state index is 13.9. The summed E-state index contributed by atoms with van der Waals surface area (Å²) in [6.07, 6.45) is 1.42. The van der Waals surface area contributed by atoms with E-state index in [-0.39, 0.29) is 17.0 Å². The highest BCUT2D eigenvalue weighted by Crippen LogP contribution is 2.30. The molecule has 1 atom stereocenters. The molecule has 9 heteroatoms. The fourth-order valence-electron chi connectivity index (χ4n) is 4.88. The van der Waals surface area contributed by atoms with Crippen LogP contribution in [-0.2, 0) is 20.0 Å². The highest BCUT2D eigenvalue weighted by atomic mass is 16.5. The average Bonchev–Trinajstić information content (AvgIpc) is 3.38. The number of benzene rings is 2. The number of hydrogen-bond acceptors (Lipinski definition) is 6. The lowest BCUT2D eigenvalue weighted by Crippen LogP contribution is -2.40. The molecule has 0 saturated heterocycles. The van der Waals surface area contributed by atoms with E-state index in [9.17, 15) is 9.59 Å². The molecule has 5 rings (SSSR count). The van der Waals surface area contributed by atoms with Crippen molar-refractivity contribution in [3.8, 4) is 22.9 Å².